The van der Waals surface area contributed by atoms with Gasteiger partial charge < -0.3 is 14.0 Å². The molecule has 0 bridgehead atoms. The van der Waals surface area contributed by atoms with Crippen molar-refractivity contribution in [2.24, 2.45) is 0 Å². The summed E-state index contributed by atoms with van der Waals surface area (Å²) in [5.74, 6) is 0. The van der Waals surface area contributed by atoms with E-state index in [1.165, 1.54) is 32.7 Å². The van der Waals surface area contributed by atoms with E-state index in [0.717, 1.165) is 44.9 Å². The largest absolute Gasteiger partial charge is 0.413 e. The predicted octanol–water partition coefficient (Wildman–Crippen LogP) is 11.7. The smallest absolute Gasteiger partial charge is 0.192 e. The predicted molar refractivity (Wildman–Crippen MR) is 195 cm³/mol. The summed E-state index contributed by atoms with van der Waals surface area (Å²) >= 11 is 1.86. The Balaban J connectivity index is 2.19. The van der Waals surface area contributed by atoms with Crippen molar-refractivity contribution in [3.63, 3.8) is 0 Å². The molecule has 3 nitrogen and oxygen atoms in total. The van der Waals surface area contributed by atoms with Crippen molar-refractivity contribution in [3.05, 3.63) is 62.9 Å². The number of aryl methyl sites for hydroxylation is 2. The molecule has 0 aliphatic carbocycles. The first-order valence-corrected chi connectivity index (χ1v) is 23.3. The van der Waals surface area contributed by atoms with E-state index in [-0.39, 0.29) is 10.1 Å². The summed E-state index contributed by atoms with van der Waals surface area (Å²) in [4.78, 5) is 1.37. The molecular formula is C37H64O3SSi2. The molecule has 0 amide bonds. The lowest BCUT2D eigenvalue weighted by Gasteiger charge is -2.37. The normalized spacial score (nSPS) is 14.0. The van der Waals surface area contributed by atoms with Crippen molar-refractivity contribution in [1.82, 2.24) is 0 Å². The Kier molecular flexibility index (Phi) is 13.8. The van der Waals surface area contributed by atoms with E-state index in [0.29, 0.717) is 13.2 Å². The van der Waals surface area contributed by atoms with Gasteiger partial charge in [-0.15, -0.1) is 11.3 Å². The van der Waals surface area contributed by atoms with Crippen LogP contribution in [0.4, 0.5) is 0 Å². The molecule has 0 unspecified atom stereocenters. The van der Waals surface area contributed by atoms with Crippen molar-refractivity contribution in [2.75, 3.05) is 0 Å². The maximum atomic E-state index is 10.7. The van der Waals surface area contributed by atoms with Crippen LogP contribution < -0.4 is 0 Å². The molecule has 2 rings (SSSR count). The highest BCUT2D eigenvalue weighted by molar-refractivity contribution is 7.11. The van der Waals surface area contributed by atoms with Crippen LogP contribution in [0.15, 0.2) is 35.7 Å². The second kappa shape index (κ2) is 15.5. The maximum absolute atomic E-state index is 10.7. The van der Waals surface area contributed by atoms with Crippen LogP contribution in [0.2, 0.25) is 36.3 Å². The van der Waals surface area contributed by atoms with E-state index in [2.05, 4.69) is 124 Å². The van der Waals surface area contributed by atoms with Crippen molar-refractivity contribution < 1.29 is 14.0 Å². The van der Waals surface area contributed by atoms with Gasteiger partial charge in [-0.25, -0.2) is 0 Å². The summed E-state index contributed by atoms with van der Waals surface area (Å²) in [6.07, 6.45) is 8.81. The molecule has 1 aromatic carbocycles. The zero-order valence-electron chi connectivity index (χ0n) is 30.0. The summed E-state index contributed by atoms with van der Waals surface area (Å²) < 4.78 is 13.4. The molecule has 0 fully saturated rings. The third-order valence-electron chi connectivity index (χ3n) is 10.4. The summed E-state index contributed by atoms with van der Waals surface area (Å²) in [5.41, 5.74) is 6.19. The molecular weight excluding hydrogens is 581 g/mol. The standard InChI is InChI=1S/C37H64O3SSi2/c1-14-31(18-17-23-37(38,15-2)16-3)34-25-30(28-41-34)20-19-29-21-22-32(26-39-42(10,11)35(4,5)6)33(24-29)27-40-43(12,13)36(7,8)9/h18,21-22,24-25,28,38H,14-17,19-20,23,26-27H2,1-13H3/b31-18+. The fourth-order valence-corrected chi connectivity index (χ4v) is 7.52. The van der Waals surface area contributed by atoms with E-state index in [9.17, 15) is 5.11 Å². The SMILES string of the molecule is CC/C(=C\CCC(O)(CC)CC)c1cc(CCc2ccc(CO[Si](C)(C)C(C)(C)C)c(CO[Si](C)(C)C(C)(C)C)c2)cs1. The molecule has 0 aliphatic heterocycles. The first-order chi connectivity index (χ1) is 19.8. The zero-order chi connectivity index (χ0) is 32.7. The van der Waals surface area contributed by atoms with Gasteiger partial charge in [0.2, 0.25) is 0 Å². The lowest BCUT2D eigenvalue weighted by molar-refractivity contribution is 0.0246. The second-order valence-electron chi connectivity index (χ2n) is 15.6. The topological polar surface area (TPSA) is 38.7 Å². The summed E-state index contributed by atoms with van der Waals surface area (Å²) in [6, 6.07) is 9.35. The molecule has 1 heterocycles. The molecule has 0 radical (unpaired) electrons. The van der Waals surface area contributed by atoms with Gasteiger partial charge >= 0.3 is 0 Å². The van der Waals surface area contributed by atoms with Crippen LogP contribution in [0.25, 0.3) is 5.57 Å². The van der Waals surface area contributed by atoms with Gasteiger partial charge in [0.1, 0.15) is 0 Å². The minimum Gasteiger partial charge on any atom is -0.413 e. The first kappa shape index (κ1) is 38.2. The third kappa shape index (κ3) is 11.1. The van der Waals surface area contributed by atoms with Gasteiger partial charge in [-0.05, 0) is 120 Å². The number of allylic oxidation sites excluding steroid dienone is 2. The van der Waals surface area contributed by atoms with Crippen LogP contribution in [0.3, 0.4) is 0 Å². The summed E-state index contributed by atoms with van der Waals surface area (Å²) in [6.45, 7) is 30.9. The molecule has 0 saturated carbocycles. The van der Waals surface area contributed by atoms with Gasteiger partial charge in [0.05, 0.1) is 18.8 Å². The Bertz CT molecular complexity index is 1180. The highest BCUT2D eigenvalue weighted by atomic mass is 32.1. The van der Waals surface area contributed by atoms with E-state index in [4.69, 9.17) is 8.85 Å². The molecule has 43 heavy (non-hydrogen) atoms. The number of hydrogen-bond donors (Lipinski definition) is 1. The maximum Gasteiger partial charge on any atom is 0.192 e. The molecule has 1 aromatic heterocycles. The summed E-state index contributed by atoms with van der Waals surface area (Å²) in [5, 5.41) is 13.4. The van der Waals surface area contributed by atoms with Gasteiger partial charge in [-0.3, -0.25) is 0 Å². The van der Waals surface area contributed by atoms with Crippen molar-refractivity contribution in [2.45, 2.75) is 162 Å². The molecule has 6 heteroatoms. The van der Waals surface area contributed by atoms with Gasteiger partial charge in [-0.1, -0.05) is 86.6 Å². The number of benzene rings is 1. The summed E-state index contributed by atoms with van der Waals surface area (Å²) in [7, 11) is -3.73. The number of hydrogen-bond acceptors (Lipinski definition) is 4. The van der Waals surface area contributed by atoms with Crippen LogP contribution in [0, 0.1) is 0 Å². The Hall–Kier alpha value is -1.03. The van der Waals surface area contributed by atoms with E-state index < -0.39 is 22.2 Å². The number of rotatable bonds is 16. The van der Waals surface area contributed by atoms with Crippen LogP contribution in [-0.2, 0) is 34.9 Å². The van der Waals surface area contributed by atoms with Crippen molar-refractivity contribution in [1.29, 1.82) is 0 Å². The van der Waals surface area contributed by atoms with E-state index in [1.54, 1.807) is 0 Å². The van der Waals surface area contributed by atoms with E-state index in [1.807, 2.05) is 11.3 Å². The fraction of sp³-hybridized carbons (Fsp3) is 0.676. The second-order valence-corrected chi connectivity index (χ2v) is 26.1. The molecule has 0 saturated heterocycles. The lowest BCUT2D eigenvalue weighted by atomic mass is 9.91. The molecule has 1 N–H and O–H groups in total. The Morgan fingerprint density at radius 1 is 0.791 bits per heavy atom. The minimum atomic E-state index is -1.88. The quantitative estimate of drug-likeness (QED) is 0.185. The third-order valence-corrected chi connectivity index (χ3v) is 20.4. The lowest BCUT2D eigenvalue weighted by Crippen LogP contribution is -2.41. The molecule has 0 atom stereocenters. The van der Waals surface area contributed by atoms with Crippen LogP contribution in [-0.4, -0.2) is 27.3 Å². The van der Waals surface area contributed by atoms with Gasteiger partial charge in [0, 0.05) is 4.88 Å². The van der Waals surface area contributed by atoms with Crippen LogP contribution in [0.5, 0.6) is 0 Å². The van der Waals surface area contributed by atoms with Crippen LogP contribution in [0.1, 0.15) is 122 Å². The zero-order valence-corrected chi connectivity index (χ0v) is 32.8. The minimum absolute atomic E-state index is 0.179. The van der Waals surface area contributed by atoms with Crippen molar-refractivity contribution >= 4 is 33.5 Å². The monoisotopic (exact) mass is 644 g/mol. The average molecular weight is 645 g/mol. The molecule has 2 aromatic rings. The number of aliphatic hydroxyl groups is 1. The highest BCUT2D eigenvalue weighted by Gasteiger charge is 2.38. The molecule has 244 valence electrons. The van der Waals surface area contributed by atoms with Gasteiger partial charge in [-0.2, -0.15) is 0 Å². The van der Waals surface area contributed by atoms with Crippen molar-refractivity contribution in [3.8, 4) is 0 Å². The van der Waals surface area contributed by atoms with Gasteiger partial charge in [0.15, 0.2) is 16.6 Å². The Morgan fingerprint density at radius 2 is 1.33 bits per heavy atom. The van der Waals surface area contributed by atoms with Crippen LogP contribution >= 0.6 is 11.3 Å². The van der Waals surface area contributed by atoms with Gasteiger partial charge in [0.25, 0.3) is 0 Å². The highest BCUT2D eigenvalue weighted by Crippen LogP contribution is 2.39. The fourth-order valence-electron chi connectivity index (χ4n) is 4.56. The Labute approximate surface area is 271 Å². The Morgan fingerprint density at radius 3 is 1.84 bits per heavy atom. The first-order valence-electron chi connectivity index (χ1n) is 16.6. The molecule has 0 aliphatic rings. The van der Waals surface area contributed by atoms with E-state index >= 15 is 0 Å². The molecule has 0 spiro atoms. The average Bonchev–Trinajstić information content (AvgIpc) is 3.40. The number of thiophene rings is 1.